The highest BCUT2D eigenvalue weighted by molar-refractivity contribution is 7.98. The normalized spacial score (nSPS) is 14.1. The molecule has 222 valence electrons. The van der Waals surface area contributed by atoms with Crippen molar-refractivity contribution in [2.24, 2.45) is 0 Å². The molecule has 10 heteroatoms. The first-order valence-electron chi connectivity index (χ1n) is 14.0. The number of carbonyl (C=O) groups excluding carboxylic acids is 1. The number of allylic oxidation sites excluding steroid dienone is 1. The molecule has 1 aromatic heterocycles. The summed E-state index contributed by atoms with van der Waals surface area (Å²) in [7, 11) is 0. The third-order valence-corrected chi connectivity index (χ3v) is 8.94. The number of para-hydroxylation sites is 1. The molecule has 0 aliphatic carbocycles. The highest BCUT2D eigenvalue weighted by Gasteiger charge is 2.34. The van der Waals surface area contributed by atoms with Crippen LogP contribution in [0.1, 0.15) is 35.2 Å². The maximum Gasteiger partial charge on any atom is 0.255 e. The van der Waals surface area contributed by atoms with Gasteiger partial charge in [0.05, 0.1) is 5.57 Å². The van der Waals surface area contributed by atoms with Gasteiger partial charge < -0.3 is 15.4 Å². The van der Waals surface area contributed by atoms with Crippen LogP contribution < -0.4 is 15.4 Å². The Bertz CT molecular complexity index is 1820. The summed E-state index contributed by atoms with van der Waals surface area (Å²) in [5, 5.41) is 13.0. The van der Waals surface area contributed by atoms with Crippen LogP contribution in [0, 0.1) is 6.92 Å². The lowest BCUT2D eigenvalue weighted by Gasteiger charge is -2.29. The maximum atomic E-state index is 13.9. The van der Waals surface area contributed by atoms with E-state index >= 15 is 0 Å². The van der Waals surface area contributed by atoms with Crippen molar-refractivity contribution in [3.05, 3.63) is 141 Å². The van der Waals surface area contributed by atoms with Crippen molar-refractivity contribution in [2.75, 3.05) is 10.6 Å². The lowest BCUT2D eigenvalue weighted by molar-refractivity contribution is -0.113. The smallest absolute Gasteiger partial charge is 0.255 e. The Kier molecular flexibility index (Phi) is 8.93. The molecule has 0 saturated heterocycles. The van der Waals surface area contributed by atoms with Gasteiger partial charge in [-0.05, 0) is 60.9 Å². The molecule has 1 aliphatic heterocycles. The van der Waals surface area contributed by atoms with Gasteiger partial charge in [-0.3, -0.25) is 4.79 Å². The Hall–Kier alpha value is -4.24. The fourth-order valence-corrected chi connectivity index (χ4v) is 6.28. The lowest BCUT2D eigenvalue weighted by atomic mass is 9.95. The molecule has 0 spiro atoms. The number of rotatable bonds is 9. The number of hydrogen-bond acceptors (Lipinski definition) is 6. The zero-order chi connectivity index (χ0) is 30.6. The van der Waals surface area contributed by atoms with E-state index in [-0.39, 0.29) is 12.5 Å². The first-order chi connectivity index (χ1) is 21.4. The number of benzene rings is 4. The van der Waals surface area contributed by atoms with Gasteiger partial charge in [0.15, 0.2) is 0 Å². The number of amides is 1. The highest BCUT2D eigenvalue weighted by Crippen LogP contribution is 2.38. The Balaban J connectivity index is 1.30. The third-order valence-electron chi connectivity index (χ3n) is 7.32. The number of aryl methyl sites for hydroxylation is 1. The van der Waals surface area contributed by atoms with Crippen LogP contribution in [0.2, 0.25) is 10.0 Å². The summed E-state index contributed by atoms with van der Waals surface area (Å²) in [5.74, 6) is 1.72. The Morgan fingerprint density at radius 2 is 1.64 bits per heavy atom. The number of halogens is 2. The minimum Gasteiger partial charge on any atom is -0.489 e. The van der Waals surface area contributed by atoms with Gasteiger partial charge in [-0.25, -0.2) is 4.68 Å². The summed E-state index contributed by atoms with van der Waals surface area (Å²) in [5.41, 5.74) is 5.73. The molecule has 1 amide bonds. The fraction of sp³-hybridized carbons (Fsp3) is 0.147. The maximum absolute atomic E-state index is 13.9. The molecular formula is C34H29Cl2N5O2S. The molecular weight excluding hydrogens is 613 g/mol. The van der Waals surface area contributed by atoms with Crippen LogP contribution in [0.5, 0.6) is 5.75 Å². The van der Waals surface area contributed by atoms with Crippen LogP contribution in [0.15, 0.2) is 113 Å². The van der Waals surface area contributed by atoms with Crippen LogP contribution in [0.3, 0.4) is 0 Å². The molecule has 2 N–H and O–H groups in total. The summed E-state index contributed by atoms with van der Waals surface area (Å²) in [6.07, 6.45) is 0. The Morgan fingerprint density at radius 1 is 0.932 bits per heavy atom. The number of fused-ring (bicyclic) bond motifs is 1. The summed E-state index contributed by atoms with van der Waals surface area (Å²) < 4.78 is 7.80. The first-order valence-corrected chi connectivity index (χ1v) is 15.7. The molecule has 1 atom stereocenters. The molecule has 44 heavy (non-hydrogen) atoms. The summed E-state index contributed by atoms with van der Waals surface area (Å²) in [6, 6.07) is 30.4. The van der Waals surface area contributed by atoms with Gasteiger partial charge in [0.25, 0.3) is 5.91 Å². The van der Waals surface area contributed by atoms with Crippen molar-refractivity contribution in [1.29, 1.82) is 0 Å². The van der Waals surface area contributed by atoms with Gasteiger partial charge >= 0.3 is 0 Å². The van der Waals surface area contributed by atoms with E-state index in [1.54, 1.807) is 34.6 Å². The molecule has 4 aromatic carbocycles. The predicted molar refractivity (Wildman–Crippen MR) is 178 cm³/mol. The third kappa shape index (κ3) is 6.48. The minimum atomic E-state index is -0.527. The SMILES string of the molecule is CC1=C(C(=O)Nc2ccccc2C)C(c2ccc(OCc3c(Cl)cccc3Cl)cc2)n2nc(SCc3ccccc3)nc2N1. The van der Waals surface area contributed by atoms with Crippen LogP contribution in [0.25, 0.3) is 0 Å². The Labute approximate surface area is 270 Å². The zero-order valence-corrected chi connectivity index (χ0v) is 26.4. The number of carbonyl (C=O) groups is 1. The number of nitrogens with zero attached hydrogens (tertiary/aromatic N) is 3. The van der Waals surface area contributed by atoms with E-state index in [1.165, 1.54) is 5.56 Å². The van der Waals surface area contributed by atoms with Gasteiger partial charge in [0.2, 0.25) is 11.1 Å². The molecule has 2 heterocycles. The number of nitrogens with one attached hydrogen (secondary N) is 2. The topological polar surface area (TPSA) is 81.1 Å². The van der Waals surface area contributed by atoms with Crippen molar-refractivity contribution in [3.63, 3.8) is 0 Å². The highest BCUT2D eigenvalue weighted by atomic mass is 35.5. The van der Waals surface area contributed by atoms with Crippen molar-refractivity contribution in [3.8, 4) is 5.75 Å². The average molecular weight is 643 g/mol. The van der Waals surface area contributed by atoms with Crippen molar-refractivity contribution in [2.45, 2.75) is 37.4 Å². The van der Waals surface area contributed by atoms with Gasteiger partial charge in [0.1, 0.15) is 18.4 Å². The van der Waals surface area contributed by atoms with E-state index in [4.69, 9.17) is 38.0 Å². The number of anilines is 2. The van der Waals surface area contributed by atoms with E-state index in [9.17, 15) is 4.79 Å². The van der Waals surface area contributed by atoms with E-state index in [1.807, 2.05) is 80.6 Å². The standard InChI is InChI=1S/C34H29Cl2N5O2S/c1-21-9-6-7-14-29(21)38-32(42)30-22(2)37-33-39-34(44-20-23-10-4-3-5-11-23)40-41(33)31(30)24-15-17-25(18-16-24)43-19-26-27(35)12-8-13-28(26)36/h3-18,31H,19-20H2,1-2H3,(H,38,42)(H,37,39,40). The summed E-state index contributed by atoms with van der Waals surface area (Å²) >= 11 is 14.2. The minimum absolute atomic E-state index is 0.220. The first kappa shape index (κ1) is 29.8. The van der Waals surface area contributed by atoms with E-state index in [0.29, 0.717) is 38.2 Å². The van der Waals surface area contributed by atoms with E-state index in [2.05, 4.69) is 22.8 Å². The summed E-state index contributed by atoms with van der Waals surface area (Å²) in [4.78, 5) is 18.7. The number of ether oxygens (including phenoxy) is 1. The largest absolute Gasteiger partial charge is 0.489 e. The molecule has 0 saturated carbocycles. The van der Waals surface area contributed by atoms with Gasteiger partial charge in [-0.1, -0.05) is 102 Å². The van der Waals surface area contributed by atoms with Crippen LogP contribution >= 0.6 is 35.0 Å². The molecule has 1 unspecified atom stereocenters. The molecule has 1 aliphatic rings. The van der Waals surface area contributed by atoms with Gasteiger partial charge in [0, 0.05) is 32.7 Å². The average Bonchev–Trinajstić information content (AvgIpc) is 3.43. The second kappa shape index (κ2) is 13.2. The van der Waals surface area contributed by atoms with Crippen molar-refractivity contribution >= 4 is 52.5 Å². The number of aromatic nitrogens is 3. The zero-order valence-electron chi connectivity index (χ0n) is 24.1. The van der Waals surface area contributed by atoms with E-state index < -0.39 is 6.04 Å². The molecule has 0 bridgehead atoms. The second-order valence-electron chi connectivity index (χ2n) is 10.3. The number of hydrogen-bond donors (Lipinski definition) is 2. The summed E-state index contributed by atoms with van der Waals surface area (Å²) in [6.45, 7) is 4.08. The lowest BCUT2D eigenvalue weighted by Crippen LogP contribution is -2.31. The fourth-order valence-electron chi connectivity index (χ4n) is 4.99. The van der Waals surface area contributed by atoms with Gasteiger partial charge in [-0.15, -0.1) is 5.10 Å². The monoisotopic (exact) mass is 641 g/mol. The van der Waals surface area contributed by atoms with Crippen LogP contribution in [-0.4, -0.2) is 20.7 Å². The quantitative estimate of drug-likeness (QED) is 0.157. The van der Waals surface area contributed by atoms with Crippen LogP contribution in [-0.2, 0) is 17.2 Å². The molecule has 7 nitrogen and oxygen atoms in total. The molecule has 6 rings (SSSR count). The molecule has 0 radical (unpaired) electrons. The van der Waals surface area contributed by atoms with Crippen molar-refractivity contribution in [1.82, 2.24) is 14.8 Å². The van der Waals surface area contributed by atoms with Crippen molar-refractivity contribution < 1.29 is 9.53 Å². The Morgan fingerprint density at radius 3 is 2.36 bits per heavy atom. The van der Waals surface area contributed by atoms with Gasteiger partial charge in [-0.2, -0.15) is 4.98 Å². The number of thioether (sulfide) groups is 1. The molecule has 0 fully saturated rings. The van der Waals surface area contributed by atoms with Crippen LogP contribution in [0.4, 0.5) is 11.6 Å². The molecule has 5 aromatic rings. The second-order valence-corrected chi connectivity index (χ2v) is 12.1. The van der Waals surface area contributed by atoms with E-state index in [0.717, 1.165) is 28.1 Å². The predicted octanol–water partition coefficient (Wildman–Crippen LogP) is 8.69.